The van der Waals surface area contributed by atoms with Crippen LogP contribution in [0.4, 0.5) is 0 Å². The summed E-state index contributed by atoms with van der Waals surface area (Å²) in [5.41, 5.74) is 10.3. The van der Waals surface area contributed by atoms with E-state index in [2.05, 4.69) is 4.52 Å². The zero-order valence-electron chi connectivity index (χ0n) is 6.60. The first-order valence-electron chi connectivity index (χ1n) is 3.08. The first-order chi connectivity index (χ1) is 5.33. The van der Waals surface area contributed by atoms with E-state index in [9.17, 15) is 14.4 Å². The molecule has 0 amide bonds. The molecule has 0 heterocycles. The van der Waals surface area contributed by atoms with Crippen molar-refractivity contribution in [1.29, 1.82) is 0 Å². The van der Waals surface area contributed by atoms with Crippen molar-refractivity contribution in [3.8, 4) is 0 Å². The molecule has 0 aromatic rings. The smallest absolute Gasteiger partial charge is 0.340 e. The Morgan fingerprint density at radius 3 is 2.42 bits per heavy atom. The topological polar surface area (TPSA) is 127 Å². The van der Waals surface area contributed by atoms with E-state index in [4.69, 9.17) is 11.5 Å². The molecule has 0 aliphatic heterocycles. The van der Waals surface area contributed by atoms with E-state index in [-0.39, 0.29) is 19.1 Å². The summed E-state index contributed by atoms with van der Waals surface area (Å²) in [6, 6.07) is 0. The number of rotatable bonds is 4. The molecule has 0 bridgehead atoms. The Labute approximate surface area is 69.9 Å². The lowest BCUT2D eigenvalue weighted by Crippen LogP contribution is -2.35. The van der Waals surface area contributed by atoms with Crippen molar-refractivity contribution >= 4 is 13.8 Å². The highest BCUT2D eigenvalue weighted by molar-refractivity contribution is 7.43. The van der Waals surface area contributed by atoms with E-state index in [0.29, 0.717) is 0 Å². The Morgan fingerprint density at radius 2 is 2.08 bits per heavy atom. The Kier molecular flexibility index (Phi) is 4.19. The van der Waals surface area contributed by atoms with Gasteiger partial charge in [0.05, 0.1) is 28.0 Å². The van der Waals surface area contributed by atoms with E-state index in [1.54, 1.807) is 7.05 Å². The summed E-state index contributed by atoms with van der Waals surface area (Å²) < 4.78 is 15.2. The summed E-state index contributed by atoms with van der Waals surface area (Å²) in [6.07, 6.45) is 0. The fraction of sp³-hybridized carbons (Fsp3) is 0.750. The number of phosphoric ester groups is 1. The molecule has 12 heavy (non-hydrogen) atoms. The Balaban J connectivity index is 3.73. The Hall–Kier alpha value is -0.620. The largest absolute Gasteiger partial charge is 0.790 e. The van der Waals surface area contributed by atoms with Crippen LogP contribution >= 0.6 is 7.82 Å². The Bertz CT molecular complexity index is 218. The van der Waals surface area contributed by atoms with Gasteiger partial charge in [0.2, 0.25) is 0 Å². The van der Waals surface area contributed by atoms with Crippen molar-refractivity contribution in [2.45, 2.75) is 0 Å². The zero-order valence-corrected chi connectivity index (χ0v) is 7.49. The van der Waals surface area contributed by atoms with Gasteiger partial charge in [-0.1, -0.05) is 0 Å². The normalized spacial score (nSPS) is 11.2. The molecule has 0 saturated heterocycles. The van der Waals surface area contributed by atoms with Gasteiger partial charge in [0.15, 0.2) is 0 Å². The molecule has 0 fully saturated rings. The van der Waals surface area contributed by atoms with E-state index in [0.717, 1.165) is 0 Å². The number of hydrogen-bond donors (Lipinski definition) is 2. The monoisotopic (exact) mass is 196 g/mol. The summed E-state index contributed by atoms with van der Waals surface area (Å²) in [6.45, 7) is -0.102. The Morgan fingerprint density at radius 1 is 1.58 bits per heavy atom. The number of nitrogens with zero attached hydrogens (tertiary/aromatic N) is 1. The van der Waals surface area contributed by atoms with Crippen LogP contribution in [-0.2, 0) is 9.09 Å². The quantitative estimate of drug-likeness (QED) is 0.210. The van der Waals surface area contributed by atoms with Gasteiger partial charge in [-0.15, -0.1) is 0 Å². The number of guanidine groups is 1. The molecule has 72 valence electrons. The van der Waals surface area contributed by atoms with Crippen molar-refractivity contribution < 1.29 is 23.5 Å². The van der Waals surface area contributed by atoms with Gasteiger partial charge in [-0.05, 0) is 0 Å². The minimum Gasteiger partial charge on any atom is -0.790 e. The molecule has 4 N–H and O–H groups in total. The molecule has 0 aliphatic rings. The van der Waals surface area contributed by atoms with Crippen LogP contribution in [0.15, 0.2) is 0 Å². The van der Waals surface area contributed by atoms with E-state index in [1.807, 2.05) is 0 Å². The maximum atomic E-state index is 9.94. The molecular weight excluding hydrogens is 185 g/mol. The van der Waals surface area contributed by atoms with E-state index < -0.39 is 7.82 Å². The first kappa shape index (κ1) is 11.4. The van der Waals surface area contributed by atoms with Crippen molar-refractivity contribution in [3.05, 3.63) is 0 Å². The molecule has 8 heteroatoms. The lowest BCUT2D eigenvalue weighted by molar-refractivity contribution is -0.502. The van der Waals surface area contributed by atoms with Crippen LogP contribution in [0, 0.1) is 0 Å². The van der Waals surface area contributed by atoms with Gasteiger partial charge in [0, 0.05) is 0 Å². The van der Waals surface area contributed by atoms with E-state index in [1.165, 1.54) is 4.58 Å². The van der Waals surface area contributed by atoms with Crippen molar-refractivity contribution in [2.24, 2.45) is 11.5 Å². The van der Waals surface area contributed by atoms with Crippen LogP contribution in [0.1, 0.15) is 0 Å². The lowest BCUT2D eigenvalue weighted by atomic mass is 10.7. The van der Waals surface area contributed by atoms with Crippen LogP contribution < -0.4 is 21.3 Å². The molecule has 0 rings (SSSR count). The lowest BCUT2D eigenvalue weighted by Gasteiger charge is -2.28. The highest BCUT2D eigenvalue weighted by Crippen LogP contribution is 2.23. The van der Waals surface area contributed by atoms with Crippen molar-refractivity contribution in [3.63, 3.8) is 0 Å². The molecule has 0 radical (unpaired) electrons. The third kappa shape index (κ3) is 6.11. The van der Waals surface area contributed by atoms with Crippen LogP contribution in [-0.4, -0.2) is 30.7 Å². The third-order valence-electron chi connectivity index (χ3n) is 1.12. The van der Waals surface area contributed by atoms with Gasteiger partial charge in [-0.3, -0.25) is 16.0 Å². The predicted molar refractivity (Wildman–Crippen MR) is 38.0 cm³/mol. The highest BCUT2D eigenvalue weighted by atomic mass is 31.2. The minimum atomic E-state index is -4.87. The summed E-state index contributed by atoms with van der Waals surface area (Å²) in [5.74, 6) is 0.0326. The molecule has 0 unspecified atom stereocenters. The fourth-order valence-electron chi connectivity index (χ4n) is 0.419. The van der Waals surface area contributed by atoms with Crippen molar-refractivity contribution in [1.82, 2.24) is 0 Å². The molecule has 0 aromatic heterocycles. The maximum absolute atomic E-state index is 9.94. The predicted octanol–water partition coefficient (Wildman–Crippen LogP) is -3.25. The molecule has 0 atom stereocenters. The third-order valence-corrected chi connectivity index (χ3v) is 1.62. The fourth-order valence-corrected chi connectivity index (χ4v) is 0.724. The molecule has 0 aliphatic carbocycles. The number of nitrogens with two attached hydrogens (primary N) is 2. The summed E-state index contributed by atoms with van der Waals surface area (Å²) >= 11 is 0. The SMILES string of the molecule is C[N+](CCOP(=O)([O-])[O-])=C(N)N. The average Bonchev–Trinajstić information content (AvgIpc) is 1.84. The first-order valence-corrected chi connectivity index (χ1v) is 4.54. The zero-order chi connectivity index (χ0) is 9.78. The summed E-state index contributed by atoms with van der Waals surface area (Å²) in [5, 5.41) is 0. The maximum Gasteiger partial charge on any atom is 0.340 e. The molecule has 0 spiro atoms. The van der Waals surface area contributed by atoms with Gasteiger partial charge in [-0.2, -0.15) is 0 Å². The number of phosphoric acid groups is 1. The second-order valence-corrected chi connectivity index (χ2v) is 3.28. The van der Waals surface area contributed by atoms with Gasteiger partial charge in [0.25, 0.3) is 0 Å². The van der Waals surface area contributed by atoms with Crippen LogP contribution in [0.25, 0.3) is 0 Å². The van der Waals surface area contributed by atoms with Crippen molar-refractivity contribution in [2.75, 3.05) is 20.2 Å². The second-order valence-electron chi connectivity index (χ2n) is 2.13. The van der Waals surface area contributed by atoms with Crippen LogP contribution in [0.3, 0.4) is 0 Å². The van der Waals surface area contributed by atoms with Crippen LogP contribution in [0.5, 0.6) is 0 Å². The summed E-state index contributed by atoms with van der Waals surface area (Å²) in [4.78, 5) is 19.9. The highest BCUT2D eigenvalue weighted by Gasteiger charge is 1.97. The van der Waals surface area contributed by atoms with E-state index >= 15 is 0 Å². The molecule has 0 saturated carbocycles. The molecule has 7 nitrogen and oxygen atoms in total. The number of hydrogen-bond acceptors (Lipinski definition) is 4. The molecule has 0 aromatic carbocycles. The van der Waals surface area contributed by atoms with Gasteiger partial charge >= 0.3 is 5.96 Å². The average molecular weight is 196 g/mol. The van der Waals surface area contributed by atoms with Crippen LogP contribution in [0.2, 0.25) is 0 Å². The second kappa shape index (κ2) is 4.42. The van der Waals surface area contributed by atoms with Gasteiger partial charge < -0.3 is 18.9 Å². The minimum absolute atomic E-state index is 0.0326. The van der Waals surface area contributed by atoms with Gasteiger partial charge in [-0.25, -0.2) is 0 Å². The molecular formula is C4H11N3O4P-. The summed E-state index contributed by atoms with van der Waals surface area (Å²) in [7, 11) is -3.33. The number of likely N-dealkylation sites (N-methyl/N-ethyl adjacent to an activating group) is 1. The standard InChI is InChI=1S/C4H12N3O4P/c1-7(4(5)6)2-3-11-12(8,9)10/h2-3H2,1H3,(H5,5,6,8,9,10)/p-1. The van der Waals surface area contributed by atoms with Gasteiger partial charge in [0.1, 0.15) is 0 Å².